The standard InChI is InChI=1S/C16H25ClN6/c1-4-18-16(19-7-5-9-23-10-6-8-20-23)22(3)13-15-11-14(17)12-21(15)2/h6,8,10-12H,4-5,7,9,13H2,1-3H3,(H,18,19). The number of guanidine groups is 1. The van der Waals surface area contributed by atoms with Crippen molar-refractivity contribution in [2.45, 2.75) is 26.4 Å². The highest BCUT2D eigenvalue weighted by molar-refractivity contribution is 6.30. The molecule has 23 heavy (non-hydrogen) atoms. The average Bonchev–Trinajstić information content (AvgIpc) is 3.12. The Hall–Kier alpha value is -1.95. The maximum atomic E-state index is 6.05. The van der Waals surface area contributed by atoms with Crippen LogP contribution in [0.25, 0.3) is 0 Å². The third kappa shape index (κ3) is 5.32. The van der Waals surface area contributed by atoms with Crippen LogP contribution in [0.5, 0.6) is 0 Å². The summed E-state index contributed by atoms with van der Waals surface area (Å²) in [7, 11) is 4.04. The summed E-state index contributed by atoms with van der Waals surface area (Å²) in [5.41, 5.74) is 1.15. The van der Waals surface area contributed by atoms with Gasteiger partial charge in [-0.2, -0.15) is 5.10 Å². The topological polar surface area (TPSA) is 50.4 Å². The second-order valence-corrected chi connectivity index (χ2v) is 5.91. The molecule has 0 aliphatic heterocycles. The van der Waals surface area contributed by atoms with Crippen molar-refractivity contribution < 1.29 is 0 Å². The molecule has 0 amide bonds. The van der Waals surface area contributed by atoms with Crippen molar-refractivity contribution in [3.05, 3.63) is 41.4 Å². The molecule has 1 N–H and O–H groups in total. The number of aromatic nitrogens is 3. The largest absolute Gasteiger partial charge is 0.357 e. The lowest BCUT2D eigenvalue weighted by Crippen LogP contribution is -2.38. The van der Waals surface area contributed by atoms with Gasteiger partial charge in [-0.05, 0) is 25.5 Å². The fourth-order valence-corrected chi connectivity index (χ4v) is 2.63. The van der Waals surface area contributed by atoms with Crippen LogP contribution in [0, 0.1) is 0 Å². The lowest BCUT2D eigenvalue weighted by Gasteiger charge is -2.22. The maximum absolute atomic E-state index is 6.05. The molecular weight excluding hydrogens is 312 g/mol. The van der Waals surface area contributed by atoms with Crippen LogP contribution in [0.15, 0.2) is 35.7 Å². The van der Waals surface area contributed by atoms with Gasteiger partial charge < -0.3 is 14.8 Å². The molecule has 0 unspecified atom stereocenters. The smallest absolute Gasteiger partial charge is 0.194 e. The van der Waals surface area contributed by atoms with Gasteiger partial charge in [-0.25, -0.2) is 0 Å². The highest BCUT2D eigenvalue weighted by atomic mass is 35.5. The number of rotatable bonds is 7. The molecule has 2 rings (SSSR count). The van der Waals surface area contributed by atoms with Gasteiger partial charge in [-0.3, -0.25) is 9.67 Å². The van der Waals surface area contributed by atoms with Crippen molar-refractivity contribution in [3.8, 4) is 0 Å². The fraction of sp³-hybridized carbons (Fsp3) is 0.500. The highest BCUT2D eigenvalue weighted by Gasteiger charge is 2.09. The first-order valence-electron chi connectivity index (χ1n) is 7.87. The van der Waals surface area contributed by atoms with E-state index < -0.39 is 0 Å². The van der Waals surface area contributed by atoms with Gasteiger partial charge in [0.15, 0.2) is 5.96 Å². The number of halogens is 1. The van der Waals surface area contributed by atoms with Crippen LogP contribution in [0.2, 0.25) is 5.02 Å². The van der Waals surface area contributed by atoms with Gasteiger partial charge in [0, 0.05) is 58.0 Å². The minimum absolute atomic E-state index is 0.758. The summed E-state index contributed by atoms with van der Waals surface area (Å²) in [6.45, 7) is 5.32. The van der Waals surface area contributed by atoms with Crippen LogP contribution in [-0.2, 0) is 20.1 Å². The molecule has 0 saturated carbocycles. The monoisotopic (exact) mass is 336 g/mol. The Morgan fingerprint density at radius 2 is 2.30 bits per heavy atom. The van der Waals surface area contributed by atoms with Crippen molar-refractivity contribution in [2.75, 3.05) is 20.1 Å². The Bertz CT molecular complexity index is 617. The summed E-state index contributed by atoms with van der Waals surface area (Å²) in [5.74, 6) is 0.908. The van der Waals surface area contributed by atoms with Crippen LogP contribution in [0.4, 0.5) is 0 Å². The Kier molecular flexibility index (Phi) is 6.52. The van der Waals surface area contributed by atoms with E-state index in [0.717, 1.165) is 49.3 Å². The minimum Gasteiger partial charge on any atom is -0.357 e. The summed E-state index contributed by atoms with van der Waals surface area (Å²) < 4.78 is 3.97. The van der Waals surface area contributed by atoms with Crippen LogP contribution in [0.1, 0.15) is 19.0 Å². The molecule has 6 nitrogen and oxygen atoms in total. The first-order valence-corrected chi connectivity index (χ1v) is 8.25. The Morgan fingerprint density at radius 1 is 1.48 bits per heavy atom. The van der Waals surface area contributed by atoms with Gasteiger partial charge in [0.2, 0.25) is 0 Å². The third-order valence-corrected chi connectivity index (χ3v) is 3.74. The molecule has 0 aromatic carbocycles. The quantitative estimate of drug-likeness (QED) is 0.480. The lowest BCUT2D eigenvalue weighted by molar-refractivity contribution is 0.460. The van der Waals surface area contributed by atoms with E-state index in [4.69, 9.17) is 16.6 Å². The van der Waals surface area contributed by atoms with E-state index in [1.165, 1.54) is 0 Å². The predicted molar refractivity (Wildman–Crippen MR) is 94.7 cm³/mol. The Labute approximate surface area is 142 Å². The molecule has 0 atom stereocenters. The van der Waals surface area contributed by atoms with E-state index in [2.05, 4.69) is 22.2 Å². The van der Waals surface area contributed by atoms with Crippen LogP contribution < -0.4 is 5.32 Å². The number of aryl methyl sites for hydroxylation is 2. The maximum Gasteiger partial charge on any atom is 0.194 e. The average molecular weight is 337 g/mol. The molecular formula is C16H25ClN6. The molecule has 2 aromatic heterocycles. The van der Waals surface area contributed by atoms with Crippen molar-refractivity contribution in [1.29, 1.82) is 0 Å². The summed E-state index contributed by atoms with van der Waals surface area (Å²) in [6.07, 6.45) is 6.64. The van der Waals surface area contributed by atoms with E-state index in [-0.39, 0.29) is 0 Å². The second kappa shape index (κ2) is 8.62. The summed E-state index contributed by atoms with van der Waals surface area (Å²) in [5, 5.41) is 8.29. The molecule has 0 fully saturated rings. The van der Waals surface area contributed by atoms with E-state index in [1.54, 1.807) is 6.20 Å². The molecule has 0 saturated heterocycles. The number of aliphatic imine (C=N–C) groups is 1. The van der Waals surface area contributed by atoms with Crippen molar-refractivity contribution in [2.24, 2.45) is 12.0 Å². The zero-order valence-electron chi connectivity index (χ0n) is 14.0. The van der Waals surface area contributed by atoms with Crippen molar-refractivity contribution >= 4 is 17.6 Å². The molecule has 126 valence electrons. The zero-order valence-corrected chi connectivity index (χ0v) is 14.8. The SMILES string of the molecule is CCNC(=NCCCn1cccn1)N(C)Cc1cc(Cl)cn1C. The van der Waals surface area contributed by atoms with Gasteiger partial charge >= 0.3 is 0 Å². The van der Waals surface area contributed by atoms with E-state index >= 15 is 0 Å². The summed E-state index contributed by atoms with van der Waals surface area (Å²) >= 11 is 6.05. The van der Waals surface area contributed by atoms with E-state index in [0.29, 0.717) is 0 Å². The molecule has 0 bridgehead atoms. The first kappa shape index (κ1) is 17.4. The lowest BCUT2D eigenvalue weighted by atomic mass is 10.4. The highest BCUT2D eigenvalue weighted by Crippen LogP contribution is 2.14. The van der Waals surface area contributed by atoms with Crippen molar-refractivity contribution in [1.82, 2.24) is 24.6 Å². The fourth-order valence-electron chi connectivity index (χ4n) is 2.36. The molecule has 7 heteroatoms. The van der Waals surface area contributed by atoms with Gasteiger partial charge in [-0.15, -0.1) is 0 Å². The molecule has 0 spiro atoms. The summed E-state index contributed by atoms with van der Waals surface area (Å²) in [4.78, 5) is 6.81. The predicted octanol–water partition coefficient (Wildman–Crippen LogP) is 2.36. The van der Waals surface area contributed by atoms with Gasteiger partial charge in [0.1, 0.15) is 0 Å². The van der Waals surface area contributed by atoms with Gasteiger partial charge in [0.05, 0.1) is 11.6 Å². The third-order valence-electron chi connectivity index (χ3n) is 3.54. The molecule has 0 radical (unpaired) electrons. The molecule has 2 heterocycles. The minimum atomic E-state index is 0.758. The number of hydrogen-bond acceptors (Lipinski definition) is 2. The molecule has 0 aliphatic rings. The molecule has 2 aromatic rings. The summed E-state index contributed by atoms with van der Waals surface area (Å²) in [6, 6.07) is 3.92. The second-order valence-electron chi connectivity index (χ2n) is 5.47. The Morgan fingerprint density at radius 3 is 2.91 bits per heavy atom. The van der Waals surface area contributed by atoms with Crippen LogP contribution in [-0.4, -0.2) is 45.3 Å². The van der Waals surface area contributed by atoms with Gasteiger partial charge in [0.25, 0.3) is 0 Å². The van der Waals surface area contributed by atoms with E-state index in [9.17, 15) is 0 Å². The van der Waals surface area contributed by atoms with E-state index in [1.807, 2.05) is 47.9 Å². The normalized spacial score (nSPS) is 11.7. The number of nitrogens with one attached hydrogen (secondary N) is 1. The first-order chi connectivity index (χ1) is 11.1. The van der Waals surface area contributed by atoms with Gasteiger partial charge in [-0.1, -0.05) is 11.6 Å². The van der Waals surface area contributed by atoms with Crippen molar-refractivity contribution in [3.63, 3.8) is 0 Å². The molecule has 0 aliphatic carbocycles. The number of nitrogens with zero attached hydrogens (tertiary/aromatic N) is 5. The zero-order chi connectivity index (χ0) is 16.7. The number of hydrogen-bond donors (Lipinski definition) is 1. The van der Waals surface area contributed by atoms with Crippen LogP contribution in [0.3, 0.4) is 0 Å². The Balaban J connectivity index is 1.90. The van der Waals surface area contributed by atoms with Crippen LogP contribution >= 0.6 is 11.6 Å².